The summed E-state index contributed by atoms with van der Waals surface area (Å²) in [5.74, 6) is 0.529. The summed E-state index contributed by atoms with van der Waals surface area (Å²) in [7, 11) is 0. The smallest absolute Gasteiger partial charge is 0.129 e. The van der Waals surface area contributed by atoms with Crippen LogP contribution in [0.4, 0.5) is 4.39 Å². The van der Waals surface area contributed by atoms with Crippen molar-refractivity contribution in [2.45, 2.75) is 26.5 Å². The third kappa shape index (κ3) is 4.35. The Hall–Kier alpha value is -1.87. The molecule has 0 bridgehead atoms. The molecule has 2 aromatic carbocycles. The van der Waals surface area contributed by atoms with Crippen molar-refractivity contribution in [1.82, 2.24) is 5.32 Å². The zero-order chi connectivity index (χ0) is 14.2. The Kier molecular flexibility index (Phi) is 5.56. The second-order valence-corrected chi connectivity index (χ2v) is 4.70. The highest BCUT2D eigenvalue weighted by Gasteiger charge is 2.05. The number of nitrogens with one attached hydrogen (secondary N) is 1. The van der Waals surface area contributed by atoms with Gasteiger partial charge >= 0.3 is 0 Å². The van der Waals surface area contributed by atoms with E-state index in [0.717, 1.165) is 30.8 Å². The summed E-state index contributed by atoms with van der Waals surface area (Å²) in [6, 6.07) is 14.6. The molecule has 0 atom stereocenters. The van der Waals surface area contributed by atoms with Gasteiger partial charge < -0.3 is 10.1 Å². The Labute approximate surface area is 119 Å². The van der Waals surface area contributed by atoms with E-state index >= 15 is 0 Å². The lowest BCUT2D eigenvalue weighted by Gasteiger charge is -2.09. The van der Waals surface area contributed by atoms with Gasteiger partial charge in [-0.25, -0.2) is 4.39 Å². The molecule has 2 aromatic rings. The highest BCUT2D eigenvalue weighted by molar-refractivity contribution is 5.26. The largest absolute Gasteiger partial charge is 0.489 e. The molecule has 2 nitrogen and oxygen atoms in total. The van der Waals surface area contributed by atoms with Crippen LogP contribution in [-0.4, -0.2) is 6.54 Å². The first-order chi connectivity index (χ1) is 9.79. The summed E-state index contributed by atoms with van der Waals surface area (Å²) in [6.45, 7) is 4.09. The van der Waals surface area contributed by atoms with E-state index in [1.165, 1.54) is 6.07 Å². The molecule has 106 valence electrons. The van der Waals surface area contributed by atoms with Gasteiger partial charge in [-0.1, -0.05) is 31.2 Å². The van der Waals surface area contributed by atoms with Crippen LogP contribution in [0.15, 0.2) is 48.5 Å². The van der Waals surface area contributed by atoms with Crippen LogP contribution >= 0.6 is 0 Å². The molecule has 0 aliphatic carbocycles. The van der Waals surface area contributed by atoms with Crippen molar-refractivity contribution in [3.63, 3.8) is 0 Å². The highest BCUT2D eigenvalue weighted by atomic mass is 19.1. The van der Waals surface area contributed by atoms with Gasteiger partial charge in [0.1, 0.15) is 18.2 Å². The van der Waals surface area contributed by atoms with Crippen molar-refractivity contribution >= 4 is 0 Å². The second-order valence-electron chi connectivity index (χ2n) is 4.70. The minimum atomic E-state index is -0.222. The van der Waals surface area contributed by atoms with Gasteiger partial charge in [-0.05, 0) is 42.8 Å². The van der Waals surface area contributed by atoms with E-state index in [1.807, 2.05) is 42.5 Å². The second kappa shape index (κ2) is 7.65. The molecule has 0 spiro atoms. The number of rotatable bonds is 7. The van der Waals surface area contributed by atoms with Crippen molar-refractivity contribution in [2.75, 3.05) is 6.54 Å². The van der Waals surface area contributed by atoms with Crippen LogP contribution in [0.3, 0.4) is 0 Å². The summed E-state index contributed by atoms with van der Waals surface area (Å²) in [5, 5.41) is 3.31. The Morgan fingerprint density at radius 2 is 1.90 bits per heavy atom. The van der Waals surface area contributed by atoms with Gasteiger partial charge in [0.2, 0.25) is 0 Å². The Morgan fingerprint density at radius 1 is 1.10 bits per heavy atom. The van der Waals surface area contributed by atoms with Crippen molar-refractivity contribution in [2.24, 2.45) is 0 Å². The molecule has 2 rings (SSSR count). The van der Waals surface area contributed by atoms with Gasteiger partial charge in [0.05, 0.1) is 0 Å². The van der Waals surface area contributed by atoms with Crippen LogP contribution in [0.1, 0.15) is 24.5 Å². The van der Waals surface area contributed by atoms with Gasteiger partial charge in [0, 0.05) is 12.1 Å². The first-order valence-corrected chi connectivity index (χ1v) is 6.95. The van der Waals surface area contributed by atoms with Crippen molar-refractivity contribution in [1.29, 1.82) is 0 Å². The standard InChI is InChI=1S/C17H20FNO/c1-2-10-19-12-14-8-9-17(18)15(11-14)13-20-16-6-4-3-5-7-16/h3-9,11,19H,2,10,12-13H2,1H3. The molecule has 0 fully saturated rings. The molecule has 1 N–H and O–H groups in total. The third-order valence-electron chi connectivity index (χ3n) is 3.00. The van der Waals surface area contributed by atoms with E-state index in [4.69, 9.17) is 4.74 Å². The first kappa shape index (κ1) is 14.5. The van der Waals surface area contributed by atoms with E-state index in [-0.39, 0.29) is 12.4 Å². The molecular formula is C17H20FNO. The Morgan fingerprint density at radius 3 is 2.65 bits per heavy atom. The van der Waals surface area contributed by atoms with E-state index in [0.29, 0.717) is 5.56 Å². The SMILES string of the molecule is CCCNCc1ccc(F)c(COc2ccccc2)c1. The van der Waals surface area contributed by atoms with E-state index in [2.05, 4.69) is 12.2 Å². The number of ether oxygens (including phenoxy) is 1. The van der Waals surface area contributed by atoms with Crippen LogP contribution in [0.25, 0.3) is 0 Å². The molecule has 0 aliphatic rings. The van der Waals surface area contributed by atoms with Crippen LogP contribution in [0, 0.1) is 5.82 Å². The minimum absolute atomic E-state index is 0.222. The van der Waals surface area contributed by atoms with Crippen molar-refractivity contribution < 1.29 is 9.13 Å². The molecule has 0 saturated carbocycles. The topological polar surface area (TPSA) is 21.3 Å². The molecule has 0 aliphatic heterocycles. The summed E-state index contributed by atoms with van der Waals surface area (Å²) in [4.78, 5) is 0. The summed E-state index contributed by atoms with van der Waals surface area (Å²) >= 11 is 0. The molecule has 0 aromatic heterocycles. The van der Waals surface area contributed by atoms with Crippen LogP contribution in [0.2, 0.25) is 0 Å². The molecular weight excluding hydrogens is 253 g/mol. The van der Waals surface area contributed by atoms with Crippen molar-refractivity contribution in [3.8, 4) is 5.75 Å². The van der Waals surface area contributed by atoms with E-state index in [9.17, 15) is 4.39 Å². The molecule has 20 heavy (non-hydrogen) atoms. The summed E-state index contributed by atoms with van der Waals surface area (Å²) in [6.07, 6.45) is 1.09. The molecule has 0 amide bonds. The maximum atomic E-state index is 13.8. The zero-order valence-electron chi connectivity index (χ0n) is 11.7. The van der Waals surface area contributed by atoms with E-state index in [1.54, 1.807) is 0 Å². The molecule has 0 unspecified atom stereocenters. The molecule has 0 heterocycles. The van der Waals surface area contributed by atoms with Gasteiger partial charge in [-0.15, -0.1) is 0 Å². The predicted octanol–water partition coefficient (Wildman–Crippen LogP) is 3.90. The Bertz CT molecular complexity index is 528. The maximum absolute atomic E-state index is 13.8. The van der Waals surface area contributed by atoms with Gasteiger partial charge in [-0.2, -0.15) is 0 Å². The third-order valence-corrected chi connectivity index (χ3v) is 3.00. The highest BCUT2D eigenvalue weighted by Crippen LogP contribution is 2.15. The lowest BCUT2D eigenvalue weighted by molar-refractivity contribution is 0.299. The maximum Gasteiger partial charge on any atom is 0.129 e. The molecule has 0 saturated heterocycles. The molecule has 3 heteroatoms. The van der Waals surface area contributed by atoms with Crippen LogP contribution in [-0.2, 0) is 13.2 Å². The van der Waals surface area contributed by atoms with Crippen molar-refractivity contribution in [3.05, 3.63) is 65.5 Å². The monoisotopic (exact) mass is 273 g/mol. The average Bonchev–Trinajstić information content (AvgIpc) is 2.49. The fourth-order valence-corrected chi connectivity index (χ4v) is 1.94. The lowest BCUT2D eigenvalue weighted by atomic mass is 10.1. The number of benzene rings is 2. The van der Waals surface area contributed by atoms with Crippen LogP contribution < -0.4 is 10.1 Å². The fraction of sp³-hybridized carbons (Fsp3) is 0.294. The summed E-state index contributed by atoms with van der Waals surface area (Å²) < 4.78 is 19.4. The number of halogens is 1. The van der Waals surface area contributed by atoms with Gasteiger partial charge in [-0.3, -0.25) is 0 Å². The molecule has 0 radical (unpaired) electrons. The zero-order valence-corrected chi connectivity index (χ0v) is 11.7. The average molecular weight is 273 g/mol. The first-order valence-electron chi connectivity index (χ1n) is 6.95. The number of hydrogen-bond acceptors (Lipinski definition) is 2. The van der Waals surface area contributed by atoms with Gasteiger partial charge in [0.15, 0.2) is 0 Å². The fourth-order valence-electron chi connectivity index (χ4n) is 1.94. The lowest BCUT2D eigenvalue weighted by Crippen LogP contribution is -2.14. The Balaban J connectivity index is 1.97. The quantitative estimate of drug-likeness (QED) is 0.772. The minimum Gasteiger partial charge on any atom is -0.489 e. The predicted molar refractivity (Wildman–Crippen MR) is 79.2 cm³/mol. The van der Waals surface area contributed by atoms with Gasteiger partial charge in [0.25, 0.3) is 0 Å². The number of para-hydroxylation sites is 1. The van der Waals surface area contributed by atoms with E-state index < -0.39 is 0 Å². The number of hydrogen-bond donors (Lipinski definition) is 1. The normalized spacial score (nSPS) is 10.5. The summed E-state index contributed by atoms with van der Waals surface area (Å²) in [5.41, 5.74) is 1.66. The van der Waals surface area contributed by atoms with Crippen LogP contribution in [0.5, 0.6) is 5.75 Å².